The van der Waals surface area contributed by atoms with Crippen LogP contribution < -0.4 is 5.32 Å². The Balaban J connectivity index is 1.67. The third-order valence-electron chi connectivity index (χ3n) is 3.08. The Morgan fingerprint density at radius 2 is 2.50 bits per heavy atom. The van der Waals surface area contributed by atoms with E-state index in [9.17, 15) is 0 Å². The van der Waals surface area contributed by atoms with E-state index in [1.165, 1.54) is 36.5 Å². The molecule has 3 heteroatoms. The monoisotopic (exact) mass is 238 g/mol. The third kappa shape index (κ3) is 3.56. The highest BCUT2D eigenvalue weighted by Crippen LogP contribution is 2.22. The summed E-state index contributed by atoms with van der Waals surface area (Å²) in [4.78, 5) is 0. The van der Waals surface area contributed by atoms with Crippen LogP contribution in [0.15, 0.2) is 18.5 Å². The molecule has 1 aliphatic rings. The largest absolute Gasteiger partial charge is 0.354 e. The van der Waals surface area contributed by atoms with E-state index >= 15 is 0 Å². The maximum Gasteiger partial charge on any atom is 0.0220 e. The van der Waals surface area contributed by atoms with Crippen molar-refractivity contribution in [2.75, 3.05) is 18.1 Å². The minimum atomic E-state index is 0.905. The molecule has 2 nitrogen and oxygen atoms in total. The van der Waals surface area contributed by atoms with Crippen LogP contribution in [-0.4, -0.2) is 22.6 Å². The summed E-state index contributed by atoms with van der Waals surface area (Å²) in [6, 6.07) is 2.23. The zero-order valence-electron chi connectivity index (χ0n) is 10.1. The second-order valence-electron chi connectivity index (χ2n) is 4.62. The zero-order valence-corrected chi connectivity index (χ0v) is 10.9. The lowest BCUT2D eigenvalue weighted by Gasteiger charge is -2.08. The van der Waals surface area contributed by atoms with Gasteiger partial charge in [-0.1, -0.05) is 6.92 Å². The molecule has 2 rings (SSSR count). The first-order chi connectivity index (χ1) is 7.88. The molecule has 1 fully saturated rings. The smallest absolute Gasteiger partial charge is 0.0220 e. The van der Waals surface area contributed by atoms with Crippen LogP contribution >= 0.6 is 11.8 Å². The van der Waals surface area contributed by atoms with Crippen molar-refractivity contribution in [1.82, 2.24) is 9.88 Å². The molecule has 90 valence electrons. The number of aromatic nitrogens is 1. The average molecular weight is 238 g/mol. The summed E-state index contributed by atoms with van der Waals surface area (Å²) < 4.78 is 2.28. The number of nitrogens with zero attached hydrogens (tertiary/aromatic N) is 1. The first kappa shape index (κ1) is 12.1. The number of nitrogens with one attached hydrogen (secondary N) is 1. The van der Waals surface area contributed by atoms with Crippen molar-refractivity contribution in [2.45, 2.75) is 32.9 Å². The summed E-state index contributed by atoms with van der Waals surface area (Å²) in [5, 5.41) is 3.57. The van der Waals surface area contributed by atoms with Gasteiger partial charge in [-0.05, 0) is 48.4 Å². The Bertz CT molecular complexity index is 303. The molecular formula is C13H22N2S. The summed E-state index contributed by atoms with van der Waals surface area (Å²) in [7, 11) is 0. The Morgan fingerprint density at radius 1 is 1.56 bits per heavy atom. The summed E-state index contributed by atoms with van der Waals surface area (Å²) >= 11 is 2.10. The van der Waals surface area contributed by atoms with Gasteiger partial charge in [-0.25, -0.2) is 0 Å². The molecule has 0 aliphatic carbocycles. The maximum atomic E-state index is 3.57. The standard InChI is InChI=1S/C13H22N2S/c1-2-5-15-6-3-12(10-15)8-14-9-13-4-7-16-11-13/h3,6,10,13-14H,2,4-5,7-9,11H2,1H3. The highest BCUT2D eigenvalue weighted by Gasteiger charge is 2.14. The van der Waals surface area contributed by atoms with Gasteiger partial charge < -0.3 is 9.88 Å². The highest BCUT2D eigenvalue weighted by atomic mass is 32.2. The van der Waals surface area contributed by atoms with E-state index in [1.54, 1.807) is 0 Å². The van der Waals surface area contributed by atoms with Crippen molar-refractivity contribution < 1.29 is 0 Å². The Hall–Kier alpha value is -0.410. The summed E-state index contributed by atoms with van der Waals surface area (Å²) in [5.74, 6) is 3.62. The fourth-order valence-corrected chi connectivity index (χ4v) is 3.44. The van der Waals surface area contributed by atoms with Gasteiger partial charge in [0, 0.05) is 25.5 Å². The van der Waals surface area contributed by atoms with Crippen molar-refractivity contribution in [3.05, 3.63) is 24.0 Å². The van der Waals surface area contributed by atoms with E-state index in [2.05, 4.69) is 47.0 Å². The van der Waals surface area contributed by atoms with Gasteiger partial charge in [0.1, 0.15) is 0 Å². The Kier molecular flexibility index (Phi) is 4.79. The van der Waals surface area contributed by atoms with Crippen molar-refractivity contribution in [3.8, 4) is 0 Å². The third-order valence-corrected chi connectivity index (χ3v) is 4.31. The van der Waals surface area contributed by atoms with E-state index in [0.29, 0.717) is 0 Å². The van der Waals surface area contributed by atoms with Gasteiger partial charge in [0.25, 0.3) is 0 Å². The minimum Gasteiger partial charge on any atom is -0.354 e. The normalized spacial score (nSPS) is 20.4. The van der Waals surface area contributed by atoms with E-state index in [0.717, 1.165) is 19.0 Å². The topological polar surface area (TPSA) is 17.0 Å². The first-order valence-electron chi connectivity index (χ1n) is 6.31. The molecule has 1 saturated heterocycles. The molecule has 1 aromatic rings. The molecule has 0 spiro atoms. The van der Waals surface area contributed by atoms with Crippen molar-refractivity contribution in [2.24, 2.45) is 5.92 Å². The van der Waals surface area contributed by atoms with Crippen LogP contribution in [0.5, 0.6) is 0 Å². The van der Waals surface area contributed by atoms with Gasteiger partial charge in [-0.3, -0.25) is 0 Å². The molecule has 2 heterocycles. The minimum absolute atomic E-state index is 0.905. The Morgan fingerprint density at radius 3 is 3.25 bits per heavy atom. The quantitative estimate of drug-likeness (QED) is 0.821. The SMILES string of the molecule is CCCn1ccc(CNCC2CCSC2)c1. The molecule has 0 aromatic carbocycles. The Labute approximate surface area is 103 Å². The van der Waals surface area contributed by atoms with Crippen LogP contribution in [0.25, 0.3) is 0 Å². The molecule has 1 atom stereocenters. The summed E-state index contributed by atoms with van der Waals surface area (Å²) in [6.45, 7) is 5.57. The lowest BCUT2D eigenvalue weighted by molar-refractivity contribution is 0.523. The number of rotatable bonds is 6. The number of hydrogen-bond donors (Lipinski definition) is 1. The fraction of sp³-hybridized carbons (Fsp3) is 0.692. The van der Waals surface area contributed by atoms with E-state index in [4.69, 9.17) is 0 Å². The van der Waals surface area contributed by atoms with Gasteiger partial charge in [-0.2, -0.15) is 11.8 Å². The van der Waals surface area contributed by atoms with Gasteiger partial charge in [0.15, 0.2) is 0 Å². The first-order valence-corrected chi connectivity index (χ1v) is 7.47. The van der Waals surface area contributed by atoms with E-state index in [1.807, 2.05) is 0 Å². The van der Waals surface area contributed by atoms with Gasteiger partial charge in [0.05, 0.1) is 0 Å². The highest BCUT2D eigenvalue weighted by molar-refractivity contribution is 7.99. The van der Waals surface area contributed by atoms with Crippen LogP contribution in [0.4, 0.5) is 0 Å². The van der Waals surface area contributed by atoms with Crippen LogP contribution in [0.2, 0.25) is 0 Å². The fourth-order valence-electron chi connectivity index (χ4n) is 2.16. The predicted molar refractivity (Wildman–Crippen MR) is 71.9 cm³/mol. The maximum absolute atomic E-state index is 3.57. The molecule has 1 unspecified atom stereocenters. The number of thioether (sulfide) groups is 1. The van der Waals surface area contributed by atoms with Crippen molar-refractivity contribution in [3.63, 3.8) is 0 Å². The molecule has 1 aromatic heterocycles. The van der Waals surface area contributed by atoms with E-state index < -0.39 is 0 Å². The van der Waals surface area contributed by atoms with Crippen molar-refractivity contribution >= 4 is 11.8 Å². The number of hydrogen-bond acceptors (Lipinski definition) is 2. The van der Waals surface area contributed by atoms with E-state index in [-0.39, 0.29) is 0 Å². The molecule has 0 radical (unpaired) electrons. The molecule has 16 heavy (non-hydrogen) atoms. The second kappa shape index (κ2) is 6.36. The van der Waals surface area contributed by atoms with Crippen LogP contribution in [0.1, 0.15) is 25.3 Å². The zero-order chi connectivity index (χ0) is 11.2. The van der Waals surface area contributed by atoms with Gasteiger partial charge in [0.2, 0.25) is 0 Å². The lowest BCUT2D eigenvalue weighted by Crippen LogP contribution is -2.22. The van der Waals surface area contributed by atoms with Gasteiger partial charge in [-0.15, -0.1) is 0 Å². The molecule has 0 saturated carbocycles. The van der Waals surface area contributed by atoms with Crippen LogP contribution in [0.3, 0.4) is 0 Å². The summed E-state index contributed by atoms with van der Waals surface area (Å²) in [5.41, 5.74) is 1.42. The second-order valence-corrected chi connectivity index (χ2v) is 5.77. The molecule has 1 aliphatic heterocycles. The van der Waals surface area contributed by atoms with Gasteiger partial charge >= 0.3 is 0 Å². The van der Waals surface area contributed by atoms with Crippen LogP contribution in [-0.2, 0) is 13.1 Å². The predicted octanol–water partition coefficient (Wildman–Crippen LogP) is 2.74. The summed E-state index contributed by atoms with van der Waals surface area (Å²) in [6.07, 6.45) is 7.06. The molecule has 0 bridgehead atoms. The molecule has 0 amide bonds. The lowest BCUT2D eigenvalue weighted by atomic mass is 10.1. The molecular weight excluding hydrogens is 216 g/mol. The number of aryl methyl sites for hydroxylation is 1. The molecule has 1 N–H and O–H groups in total. The van der Waals surface area contributed by atoms with Crippen molar-refractivity contribution in [1.29, 1.82) is 0 Å². The van der Waals surface area contributed by atoms with Crippen LogP contribution in [0, 0.1) is 5.92 Å². The average Bonchev–Trinajstić information content (AvgIpc) is 2.90.